The van der Waals surface area contributed by atoms with Crippen molar-refractivity contribution < 1.29 is 0 Å². The summed E-state index contributed by atoms with van der Waals surface area (Å²) < 4.78 is 0. The summed E-state index contributed by atoms with van der Waals surface area (Å²) in [5.74, 6) is 1.39. The predicted molar refractivity (Wildman–Crippen MR) is 64.7 cm³/mol. The van der Waals surface area contributed by atoms with Gasteiger partial charge in [-0.2, -0.15) is 0 Å². The van der Waals surface area contributed by atoms with E-state index in [2.05, 4.69) is 28.7 Å². The zero-order valence-corrected chi connectivity index (χ0v) is 10.1. The number of hydrogen-bond acceptors (Lipinski definition) is 4. The average Bonchev–Trinajstić information content (AvgIpc) is 3.04. The van der Waals surface area contributed by atoms with Gasteiger partial charge >= 0.3 is 0 Å². The van der Waals surface area contributed by atoms with E-state index < -0.39 is 0 Å². The summed E-state index contributed by atoms with van der Waals surface area (Å²) in [5, 5.41) is 0. The Morgan fingerprint density at radius 1 is 1.38 bits per heavy atom. The number of nitrogens with two attached hydrogens (primary N) is 1. The van der Waals surface area contributed by atoms with Crippen molar-refractivity contribution in [3.8, 4) is 0 Å². The van der Waals surface area contributed by atoms with E-state index in [-0.39, 0.29) is 0 Å². The lowest BCUT2D eigenvalue weighted by Gasteiger charge is -2.25. The van der Waals surface area contributed by atoms with E-state index in [9.17, 15) is 0 Å². The molecule has 1 aliphatic rings. The lowest BCUT2D eigenvalue weighted by molar-refractivity contribution is 0.201. The van der Waals surface area contributed by atoms with Crippen LogP contribution in [0.1, 0.15) is 32.4 Å². The Labute approximate surface area is 96.9 Å². The quantitative estimate of drug-likeness (QED) is 0.820. The maximum atomic E-state index is 5.52. The van der Waals surface area contributed by atoms with Gasteiger partial charge in [0.1, 0.15) is 5.82 Å². The van der Waals surface area contributed by atoms with E-state index in [1.165, 1.54) is 19.4 Å². The first kappa shape index (κ1) is 11.3. The van der Waals surface area contributed by atoms with Gasteiger partial charge in [0.2, 0.25) is 0 Å². The van der Waals surface area contributed by atoms with Crippen molar-refractivity contribution in [1.82, 2.24) is 14.9 Å². The second-order valence-corrected chi connectivity index (χ2v) is 4.90. The van der Waals surface area contributed by atoms with Gasteiger partial charge in [0.05, 0.1) is 18.1 Å². The molecular weight excluding hydrogens is 200 g/mol. The fourth-order valence-electron chi connectivity index (χ4n) is 1.74. The average molecular weight is 220 g/mol. The van der Waals surface area contributed by atoms with Crippen molar-refractivity contribution >= 4 is 5.82 Å². The van der Waals surface area contributed by atoms with Crippen molar-refractivity contribution in [3.63, 3.8) is 0 Å². The maximum absolute atomic E-state index is 5.52. The first-order chi connectivity index (χ1) is 7.65. The summed E-state index contributed by atoms with van der Waals surface area (Å²) in [6.07, 6.45) is 6.18. The predicted octanol–water partition coefficient (Wildman–Crippen LogP) is 1.68. The molecule has 0 aromatic carbocycles. The molecule has 16 heavy (non-hydrogen) atoms. The van der Waals surface area contributed by atoms with Gasteiger partial charge in [0.25, 0.3) is 0 Å². The molecule has 0 radical (unpaired) electrons. The minimum atomic E-state index is 0.488. The third-order valence-electron chi connectivity index (χ3n) is 3.01. The summed E-state index contributed by atoms with van der Waals surface area (Å²) in [7, 11) is 0. The van der Waals surface area contributed by atoms with Gasteiger partial charge in [-0.1, -0.05) is 0 Å². The lowest BCUT2D eigenvalue weighted by atomic mass is 10.2. The molecule has 1 aromatic heterocycles. The fraction of sp³-hybridized carbons (Fsp3) is 0.667. The third kappa shape index (κ3) is 3.17. The zero-order valence-electron chi connectivity index (χ0n) is 10.1. The minimum absolute atomic E-state index is 0.488. The van der Waals surface area contributed by atoms with Crippen LogP contribution >= 0.6 is 0 Å². The van der Waals surface area contributed by atoms with Gasteiger partial charge in [-0.25, -0.2) is 4.98 Å². The molecule has 2 rings (SSSR count). The molecule has 0 amide bonds. The zero-order chi connectivity index (χ0) is 11.5. The van der Waals surface area contributed by atoms with Crippen molar-refractivity contribution in [2.24, 2.45) is 5.92 Å². The highest BCUT2D eigenvalue weighted by atomic mass is 15.2. The first-order valence-electron chi connectivity index (χ1n) is 5.95. The topological polar surface area (TPSA) is 55.0 Å². The smallest absolute Gasteiger partial charge is 0.141 e. The van der Waals surface area contributed by atoms with E-state index in [1.54, 1.807) is 12.4 Å². The molecule has 0 saturated heterocycles. The van der Waals surface area contributed by atoms with Gasteiger partial charge in [0.15, 0.2) is 0 Å². The number of aromatic nitrogens is 2. The molecule has 1 heterocycles. The highest BCUT2D eigenvalue weighted by Crippen LogP contribution is 2.30. The first-order valence-corrected chi connectivity index (χ1v) is 5.95. The van der Waals surface area contributed by atoms with E-state index >= 15 is 0 Å². The largest absolute Gasteiger partial charge is 0.382 e. The molecule has 1 aromatic rings. The van der Waals surface area contributed by atoms with Gasteiger partial charge in [-0.05, 0) is 32.6 Å². The van der Waals surface area contributed by atoms with Gasteiger partial charge in [0, 0.05) is 19.1 Å². The monoisotopic (exact) mass is 220 g/mol. The maximum Gasteiger partial charge on any atom is 0.141 e. The number of hydrogen-bond donors (Lipinski definition) is 1. The van der Waals surface area contributed by atoms with E-state index in [4.69, 9.17) is 5.73 Å². The van der Waals surface area contributed by atoms with Crippen LogP contribution in [0.15, 0.2) is 12.4 Å². The Morgan fingerprint density at radius 2 is 2.12 bits per heavy atom. The third-order valence-corrected chi connectivity index (χ3v) is 3.01. The SMILES string of the molecule is CC(C)N(Cc1cnc(N)cn1)CC1CC1. The summed E-state index contributed by atoms with van der Waals surface area (Å²) >= 11 is 0. The van der Waals surface area contributed by atoms with Crippen LogP contribution in [0.4, 0.5) is 5.82 Å². The van der Waals surface area contributed by atoms with Crippen LogP contribution in [-0.2, 0) is 6.54 Å². The molecule has 88 valence electrons. The molecule has 4 nitrogen and oxygen atoms in total. The molecule has 4 heteroatoms. The van der Waals surface area contributed by atoms with Crippen LogP contribution in [0.25, 0.3) is 0 Å². The standard InChI is InChI=1S/C12H20N4/c1-9(2)16(7-10-3-4-10)8-11-5-15-12(13)6-14-11/h5-6,9-10H,3-4,7-8H2,1-2H3,(H2,13,15). The van der Waals surface area contributed by atoms with Crippen molar-refractivity contribution in [2.75, 3.05) is 12.3 Å². The van der Waals surface area contributed by atoms with E-state index in [0.29, 0.717) is 11.9 Å². The molecule has 2 N–H and O–H groups in total. The summed E-state index contributed by atoms with van der Waals surface area (Å²) in [5.41, 5.74) is 6.52. The molecule has 0 spiro atoms. The molecule has 0 atom stereocenters. The number of nitrogen functional groups attached to an aromatic ring is 1. The number of nitrogens with zero attached hydrogens (tertiary/aromatic N) is 3. The van der Waals surface area contributed by atoms with Crippen LogP contribution in [-0.4, -0.2) is 27.5 Å². The normalized spacial score (nSPS) is 16.0. The molecule has 1 aliphatic carbocycles. The Morgan fingerprint density at radius 3 is 2.62 bits per heavy atom. The van der Waals surface area contributed by atoms with Crippen LogP contribution in [0, 0.1) is 5.92 Å². The second-order valence-electron chi connectivity index (χ2n) is 4.90. The van der Waals surface area contributed by atoms with Gasteiger partial charge in [-0.3, -0.25) is 9.88 Å². The Kier molecular flexibility index (Phi) is 3.39. The Hall–Kier alpha value is -1.16. The van der Waals surface area contributed by atoms with Crippen molar-refractivity contribution in [2.45, 2.75) is 39.3 Å². The van der Waals surface area contributed by atoms with Gasteiger partial charge in [-0.15, -0.1) is 0 Å². The summed E-state index contributed by atoms with van der Waals surface area (Å²) in [6.45, 7) is 6.52. The molecular formula is C12H20N4. The fourth-order valence-corrected chi connectivity index (χ4v) is 1.74. The van der Waals surface area contributed by atoms with Crippen molar-refractivity contribution in [1.29, 1.82) is 0 Å². The summed E-state index contributed by atoms with van der Waals surface area (Å²) in [6, 6.07) is 0.556. The molecule has 1 fully saturated rings. The molecule has 0 bridgehead atoms. The van der Waals surface area contributed by atoms with Gasteiger partial charge < -0.3 is 5.73 Å². The molecule has 1 saturated carbocycles. The Balaban J connectivity index is 1.95. The molecule has 0 unspecified atom stereocenters. The second kappa shape index (κ2) is 4.78. The number of anilines is 1. The van der Waals surface area contributed by atoms with Crippen molar-refractivity contribution in [3.05, 3.63) is 18.1 Å². The van der Waals surface area contributed by atoms with E-state index in [1.807, 2.05) is 0 Å². The highest BCUT2D eigenvalue weighted by molar-refractivity contribution is 5.22. The van der Waals surface area contributed by atoms with E-state index in [0.717, 1.165) is 18.2 Å². The summed E-state index contributed by atoms with van der Waals surface area (Å²) in [4.78, 5) is 10.8. The van der Waals surface area contributed by atoms with Crippen LogP contribution in [0.5, 0.6) is 0 Å². The van der Waals surface area contributed by atoms with Crippen LogP contribution < -0.4 is 5.73 Å². The molecule has 0 aliphatic heterocycles. The van der Waals surface area contributed by atoms with Crippen LogP contribution in [0.2, 0.25) is 0 Å². The Bertz CT molecular complexity index is 329. The van der Waals surface area contributed by atoms with Crippen LogP contribution in [0.3, 0.4) is 0 Å². The lowest BCUT2D eigenvalue weighted by Crippen LogP contribution is -2.32. The number of rotatable bonds is 5. The minimum Gasteiger partial charge on any atom is -0.382 e. The highest BCUT2D eigenvalue weighted by Gasteiger charge is 2.25.